The number of nitrogen functional groups attached to an aromatic ring is 1. The van der Waals surface area contributed by atoms with Gasteiger partial charge >= 0.3 is 0 Å². The molecule has 0 unspecified atom stereocenters. The van der Waals surface area contributed by atoms with Crippen molar-refractivity contribution in [3.8, 4) is 23.2 Å². The Labute approximate surface area is 169 Å². The van der Waals surface area contributed by atoms with E-state index in [9.17, 15) is 0 Å². The van der Waals surface area contributed by atoms with E-state index >= 15 is 0 Å². The first-order valence-electron chi connectivity index (χ1n) is 9.32. The van der Waals surface area contributed by atoms with E-state index in [0.717, 1.165) is 25.1 Å². The van der Waals surface area contributed by atoms with Crippen molar-refractivity contribution >= 4 is 5.82 Å². The summed E-state index contributed by atoms with van der Waals surface area (Å²) >= 11 is 0. The smallest absolute Gasteiger partial charge is 0.258 e. The minimum absolute atomic E-state index is 0.0911. The van der Waals surface area contributed by atoms with Gasteiger partial charge in [0.2, 0.25) is 5.82 Å². The number of anilines is 1. The molecule has 2 aromatic heterocycles. The van der Waals surface area contributed by atoms with Gasteiger partial charge in [-0.3, -0.25) is 0 Å². The summed E-state index contributed by atoms with van der Waals surface area (Å²) in [4.78, 5) is 19.1. The zero-order chi connectivity index (χ0) is 20.4. The van der Waals surface area contributed by atoms with Crippen molar-refractivity contribution < 1.29 is 4.74 Å². The SMILES string of the molecule is Cc1cc(-c2cnc(N)c(OCc3ccnc(C#N)n3)n2)cc2c1CCN(C)C2. The summed E-state index contributed by atoms with van der Waals surface area (Å²) in [5.74, 6) is 0.540. The Bertz CT molecular complexity index is 1110. The average Bonchev–Trinajstić information content (AvgIpc) is 2.73. The van der Waals surface area contributed by atoms with E-state index in [1.54, 1.807) is 12.3 Å². The van der Waals surface area contributed by atoms with Gasteiger partial charge in [0.1, 0.15) is 12.7 Å². The van der Waals surface area contributed by atoms with Crippen LogP contribution in [0.2, 0.25) is 0 Å². The van der Waals surface area contributed by atoms with Crippen LogP contribution in [0.4, 0.5) is 5.82 Å². The van der Waals surface area contributed by atoms with Crippen LogP contribution in [0.25, 0.3) is 11.3 Å². The molecule has 1 aromatic carbocycles. The minimum Gasteiger partial charge on any atom is -0.469 e. The first-order valence-corrected chi connectivity index (χ1v) is 9.32. The maximum Gasteiger partial charge on any atom is 0.258 e. The van der Waals surface area contributed by atoms with Crippen molar-refractivity contribution in [2.24, 2.45) is 0 Å². The Hall–Kier alpha value is -3.57. The highest BCUT2D eigenvalue weighted by atomic mass is 16.5. The number of rotatable bonds is 4. The molecule has 4 rings (SSSR count). The molecule has 3 aromatic rings. The molecule has 0 saturated heterocycles. The van der Waals surface area contributed by atoms with Gasteiger partial charge in [0.25, 0.3) is 5.88 Å². The summed E-state index contributed by atoms with van der Waals surface area (Å²) in [6, 6.07) is 7.89. The third-order valence-electron chi connectivity index (χ3n) is 4.98. The number of ether oxygens (including phenoxy) is 1. The lowest BCUT2D eigenvalue weighted by Gasteiger charge is -2.27. The fourth-order valence-corrected chi connectivity index (χ4v) is 3.51. The van der Waals surface area contributed by atoms with E-state index in [1.807, 2.05) is 6.07 Å². The number of benzene rings is 1. The van der Waals surface area contributed by atoms with E-state index in [2.05, 4.69) is 50.9 Å². The largest absolute Gasteiger partial charge is 0.469 e. The van der Waals surface area contributed by atoms with Gasteiger partial charge in [-0.15, -0.1) is 0 Å². The van der Waals surface area contributed by atoms with Crippen LogP contribution >= 0.6 is 0 Å². The summed E-state index contributed by atoms with van der Waals surface area (Å²) in [6.45, 7) is 4.25. The number of aromatic nitrogens is 4. The molecule has 0 amide bonds. The van der Waals surface area contributed by atoms with E-state index in [-0.39, 0.29) is 24.1 Å². The zero-order valence-electron chi connectivity index (χ0n) is 16.4. The van der Waals surface area contributed by atoms with Crippen LogP contribution in [0, 0.1) is 18.3 Å². The highest BCUT2D eigenvalue weighted by Crippen LogP contribution is 2.29. The Morgan fingerprint density at radius 2 is 2.14 bits per heavy atom. The molecule has 0 radical (unpaired) electrons. The fraction of sp³-hybridized carbons (Fsp3) is 0.286. The molecular formula is C21H21N7O. The Morgan fingerprint density at radius 1 is 1.28 bits per heavy atom. The highest BCUT2D eigenvalue weighted by Gasteiger charge is 2.17. The van der Waals surface area contributed by atoms with Crippen LogP contribution in [0.1, 0.15) is 28.2 Å². The summed E-state index contributed by atoms with van der Waals surface area (Å²) in [5, 5.41) is 8.92. The first-order chi connectivity index (χ1) is 14.0. The number of hydrogen-bond donors (Lipinski definition) is 1. The molecule has 0 fully saturated rings. The van der Waals surface area contributed by atoms with Crippen LogP contribution in [0.15, 0.2) is 30.6 Å². The summed E-state index contributed by atoms with van der Waals surface area (Å²) in [6.07, 6.45) is 4.24. The molecule has 0 spiro atoms. The van der Waals surface area contributed by atoms with Gasteiger partial charge in [-0.2, -0.15) is 5.26 Å². The number of nitrogens with zero attached hydrogens (tertiary/aromatic N) is 6. The quantitative estimate of drug-likeness (QED) is 0.725. The number of fused-ring (bicyclic) bond motifs is 1. The van der Waals surface area contributed by atoms with Crippen molar-refractivity contribution in [3.05, 3.63) is 58.8 Å². The lowest BCUT2D eigenvalue weighted by molar-refractivity contribution is 0.290. The number of nitrogens with two attached hydrogens (primary N) is 1. The van der Waals surface area contributed by atoms with E-state index in [1.165, 1.54) is 22.9 Å². The minimum atomic E-state index is 0.0911. The molecule has 0 saturated carbocycles. The number of hydrogen-bond acceptors (Lipinski definition) is 8. The maximum atomic E-state index is 8.92. The molecule has 0 bridgehead atoms. The molecule has 1 aliphatic rings. The molecule has 3 heterocycles. The molecule has 0 atom stereocenters. The zero-order valence-corrected chi connectivity index (χ0v) is 16.4. The van der Waals surface area contributed by atoms with E-state index in [0.29, 0.717) is 11.4 Å². The van der Waals surface area contributed by atoms with Gasteiger partial charge in [-0.05, 0) is 55.3 Å². The summed E-state index contributed by atoms with van der Waals surface area (Å²) in [7, 11) is 2.13. The van der Waals surface area contributed by atoms with Crippen LogP contribution < -0.4 is 10.5 Å². The van der Waals surface area contributed by atoms with Gasteiger partial charge in [-0.1, -0.05) is 0 Å². The lowest BCUT2D eigenvalue weighted by atomic mass is 9.92. The molecule has 0 aliphatic carbocycles. The normalized spacial score (nSPS) is 13.6. The lowest BCUT2D eigenvalue weighted by Crippen LogP contribution is -2.27. The van der Waals surface area contributed by atoms with Crippen molar-refractivity contribution in [2.75, 3.05) is 19.3 Å². The molecule has 146 valence electrons. The van der Waals surface area contributed by atoms with Gasteiger partial charge in [-0.25, -0.2) is 19.9 Å². The number of aryl methyl sites for hydroxylation is 1. The third kappa shape index (κ3) is 4.00. The molecule has 8 nitrogen and oxygen atoms in total. The summed E-state index contributed by atoms with van der Waals surface area (Å²) < 4.78 is 5.74. The van der Waals surface area contributed by atoms with Gasteiger partial charge in [0.05, 0.1) is 17.6 Å². The molecular weight excluding hydrogens is 366 g/mol. The van der Waals surface area contributed by atoms with Gasteiger partial charge in [0.15, 0.2) is 5.82 Å². The fourth-order valence-electron chi connectivity index (χ4n) is 3.51. The summed E-state index contributed by atoms with van der Waals surface area (Å²) in [5.41, 5.74) is 12.2. The maximum absolute atomic E-state index is 8.92. The van der Waals surface area contributed by atoms with Crippen LogP contribution in [-0.4, -0.2) is 38.4 Å². The predicted octanol–water partition coefficient (Wildman–Crippen LogP) is 2.26. The average molecular weight is 387 g/mol. The van der Waals surface area contributed by atoms with Crippen molar-refractivity contribution in [2.45, 2.75) is 26.5 Å². The second-order valence-electron chi connectivity index (χ2n) is 7.14. The Morgan fingerprint density at radius 3 is 2.97 bits per heavy atom. The highest BCUT2D eigenvalue weighted by molar-refractivity contribution is 5.64. The van der Waals surface area contributed by atoms with Gasteiger partial charge in [0, 0.05) is 24.8 Å². The molecule has 8 heteroatoms. The molecule has 29 heavy (non-hydrogen) atoms. The third-order valence-corrected chi connectivity index (χ3v) is 4.98. The number of likely N-dealkylation sites (N-methyl/N-ethyl adjacent to an activating group) is 1. The van der Waals surface area contributed by atoms with Crippen molar-refractivity contribution in [3.63, 3.8) is 0 Å². The standard InChI is InChI=1S/C21H21N7O/c1-13-7-14(8-15-11-28(2)6-4-17(13)15)18-10-25-20(23)21(27-18)29-12-16-3-5-24-19(9-22)26-16/h3,5,7-8,10H,4,6,11-12H2,1-2H3,(H2,23,25). The number of nitriles is 1. The molecule has 1 aliphatic heterocycles. The second-order valence-corrected chi connectivity index (χ2v) is 7.14. The van der Waals surface area contributed by atoms with Crippen LogP contribution in [0.5, 0.6) is 5.88 Å². The monoisotopic (exact) mass is 387 g/mol. The van der Waals surface area contributed by atoms with E-state index < -0.39 is 0 Å². The van der Waals surface area contributed by atoms with Gasteiger partial charge < -0.3 is 15.4 Å². The van der Waals surface area contributed by atoms with Crippen molar-refractivity contribution in [1.82, 2.24) is 24.8 Å². The first kappa shape index (κ1) is 18.8. The Balaban J connectivity index is 1.61. The van der Waals surface area contributed by atoms with Crippen LogP contribution in [0.3, 0.4) is 0 Å². The predicted molar refractivity (Wildman–Crippen MR) is 108 cm³/mol. The van der Waals surface area contributed by atoms with Crippen molar-refractivity contribution in [1.29, 1.82) is 5.26 Å². The molecule has 2 N–H and O–H groups in total. The van der Waals surface area contributed by atoms with Crippen LogP contribution in [-0.2, 0) is 19.6 Å². The van der Waals surface area contributed by atoms with E-state index in [4.69, 9.17) is 15.7 Å². The topological polar surface area (TPSA) is 114 Å². The Kier molecular flexibility index (Phi) is 5.06. The second kappa shape index (κ2) is 7.81.